The van der Waals surface area contributed by atoms with Crippen LogP contribution < -0.4 is 10.2 Å². The van der Waals surface area contributed by atoms with Crippen molar-refractivity contribution in [3.63, 3.8) is 0 Å². The molecule has 6 heteroatoms. The van der Waals surface area contributed by atoms with E-state index in [-0.39, 0.29) is 17.9 Å². The van der Waals surface area contributed by atoms with Gasteiger partial charge in [-0.1, -0.05) is 12.1 Å². The van der Waals surface area contributed by atoms with Crippen molar-refractivity contribution in [3.8, 4) is 0 Å². The summed E-state index contributed by atoms with van der Waals surface area (Å²) in [7, 11) is 0. The molecule has 4 rings (SSSR count). The number of aromatic nitrogens is 1. The lowest BCUT2D eigenvalue weighted by atomic mass is 9.96. The average molecular weight is 316 g/mol. The molecule has 0 bridgehead atoms. The van der Waals surface area contributed by atoms with Crippen LogP contribution in [-0.2, 0) is 9.59 Å². The molecule has 1 aromatic carbocycles. The van der Waals surface area contributed by atoms with Crippen molar-refractivity contribution in [2.24, 2.45) is 0 Å². The third-order valence-corrected chi connectivity index (χ3v) is 5.95. The Bertz CT molecular complexity index is 701. The maximum Gasteiger partial charge on any atom is 0.285 e. The van der Waals surface area contributed by atoms with Crippen LogP contribution in [0.2, 0.25) is 0 Å². The van der Waals surface area contributed by atoms with Crippen molar-refractivity contribution in [1.82, 2.24) is 10.3 Å². The maximum atomic E-state index is 11.8. The number of carbonyl (C=O) groups is 2. The van der Waals surface area contributed by atoms with Gasteiger partial charge in [0.2, 0.25) is 5.91 Å². The molecule has 0 saturated carbocycles. The van der Waals surface area contributed by atoms with E-state index in [2.05, 4.69) is 17.4 Å². The van der Waals surface area contributed by atoms with E-state index in [9.17, 15) is 9.59 Å². The molecule has 0 aliphatic carbocycles. The Morgan fingerprint density at radius 3 is 2.64 bits per heavy atom. The van der Waals surface area contributed by atoms with Crippen molar-refractivity contribution >= 4 is 33.4 Å². The number of carbonyl (C=O) groups excluding carboxylic acids is 2. The van der Waals surface area contributed by atoms with Gasteiger partial charge in [-0.25, -0.2) is 4.98 Å². The Balaban J connectivity index is 1.45. The Morgan fingerprint density at radius 1 is 1.18 bits per heavy atom. The summed E-state index contributed by atoms with van der Waals surface area (Å²) in [5.41, 5.74) is 1.08. The van der Waals surface area contributed by atoms with Crippen LogP contribution in [0.1, 0.15) is 30.2 Å². The molecule has 3 heterocycles. The predicted molar refractivity (Wildman–Crippen MR) is 83.8 cm³/mol. The van der Waals surface area contributed by atoms with Crippen LogP contribution >= 0.6 is 11.3 Å². The monoisotopic (exact) mass is 316 g/mol. The van der Waals surface area contributed by atoms with Gasteiger partial charge in [0.15, 0.2) is 6.04 Å². The smallest absolute Gasteiger partial charge is 0.285 e. The second-order valence-electron chi connectivity index (χ2n) is 6.12. The first kappa shape index (κ1) is 13.8. The standard InChI is InChI=1S/C16H17N3O2S/c20-14-9-12(15(21)18-14)19-7-5-10(6-8-19)16-17-11-3-1-2-4-13(11)22-16/h1-4,10,12H,5-9H2,(H,18,20,21)/p+1/t12-/m1/s1. The lowest BCUT2D eigenvalue weighted by Gasteiger charge is -2.30. The summed E-state index contributed by atoms with van der Waals surface area (Å²) in [4.78, 5) is 29.1. The number of quaternary nitrogens is 1. The summed E-state index contributed by atoms with van der Waals surface area (Å²) < 4.78 is 1.24. The number of thiazole rings is 1. The Kier molecular flexibility index (Phi) is 3.43. The van der Waals surface area contributed by atoms with Gasteiger partial charge in [0, 0.05) is 18.8 Å². The molecule has 0 spiro atoms. The fourth-order valence-electron chi connectivity index (χ4n) is 3.53. The largest absolute Gasteiger partial charge is 0.324 e. The fourth-order valence-corrected chi connectivity index (χ4v) is 4.67. The van der Waals surface area contributed by atoms with E-state index >= 15 is 0 Å². The van der Waals surface area contributed by atoms with Gasteiger partial charge in [-0.15, -0.1) is 11.3 Å². The first-order chi connectivity index (χ1) is 10.7. The number of para-hydroxylation sites is 1. The molecule has 2 N–H and O–H groups in total. The van der Waals surface area contributed by atoms with E-state index < -0.39 is 0 Å². The third kappa shape index (κ3) is 2.42. The second-order valence-corrected chi connectivity index (χ2v) is 7.18. The number of fused-ring (bicyclic) bond motifs is 1. The van der Waals surface area contributed by atoms with Crippen molar-refractivity contribution < 1.29 is 14.5 Å². The number of nitrogens with one attached hydrogen (secondary N) is 2. The molecule has 2 aliphatic heterocycles. The minimum Gasteiger partial charge on any atom is -0.324 e. The van der Waals surface area contributed by atoms with Crippen LogP contribution in [0.25, 0.3) is 10.2 Å². The average Bonchev–Trinajstić information content (AvgIpc) is 3.10. The van der Waals surface area contributed by atoms with E-state index in [1.807, 2.05) is 12.1 Å². The van der Waals surface area contributed by atoms with Crippen LogP contribution in [0, 0.1) is 0 Å². The van der Waals surface area contributed by atoms with Crippen molar-refractivity contribution in [3.05, 3.63) is 29.3 Å². The summed E-state index contributed by atoms with van der Waals surface area (Å²) in [6, 6.07) is 8.07. The number of benzene rings is 1. The lowest BCUT2D eigenvalue weighted by molar-refractivity contribution is -0.920. The molecule has 5 nitrogen and oxygen atoms in total. The van der Waals surface area contributed by atoms with Gasteiger partial charge in [-0.05, 0) is 12.1 Å². The lowest BCUT2D eigenvalue weighted by Crippen LogP contribution is -3.17. The van der Waals surface area contributed by atoms with Crippen molar-refractivity contribution in [2.45, 2.75) is 31.2 Å². The second kappa shape index (κ2) is 5.44. The highest BCUT2D eigenvalue weighted by Gasteiger charge is 2.40. The Labute approximate surface area is 132 Å². The highest BCUT2D eigenvalue weighted by atomic mass is 32.1. The number of imide groups is 1. The minimum atomic E-state index is -0.177. The number of hydrogen-bond acceptors (Lipinski definition) is 4. The summed E-state index contributed by atoms with van der Waals surface area (Å²) in [5.74, 6) is 0.260. The molecule has 114 valence electrons. The fraction of sp³-hybridized carbons (Fsp3) is 0.438. The van der Waals surface area contributed by atoms with Crippen molar-refractivity contribution in [1.29, 1.82) is 0 Å². The van der Waals surface area contributed by atoms with Crippen LogP contribution in [0.4, 0.5) is 0 Å². The molecule has 0 unspecified atom stereocenters. The number of amides is 2. The van der Waals surface area contributed by atoms with Crippen molar-refractivity contribution in [2.75, 3.05) is 13.1 Å². The first-order valence-corrected chi connectivity index (χ1v) is 8.56. The van der Waals surface area contributed by atoms with Gasteiger partial charge in [-0.3, -0.25) is 14.9 Å². The van der Waals surface area contributed by atoms with E-state index in [1.54, 1.807) is 11.3 Å². The molecule has 2 saturated heterocycles. The number of nitrogens with zero attached hydrogens (tertiary/aromatic N) is 1. The molecular weight excluding hydrogens is 298 g/mol. The topological polar surface area (TPSA) is 63.5 Å². The number of rotatable bonds is 2. The van der Waals surface area contributed by atoms with Crippen LogP contribution in [-0.4, -0.2) is 35.9 Å². The van der Waals surface area contributed by atoms with E-state index in [0.29, 0.717) is 12.3 Å². The summed E-state index contributed by atoms with van der Waals surface area (Å²) in [6.45, 7) is 1.87. The molecule has 2 fully saturated rings. The van der Waals surface area contributed by atoms with Gasteiger partial charge in [0.1, 0.15) is 0 Å². The summed E-state index contributed by atoms with van der Waals surface area (Å²) in [6.07, 6.45) is 2.42. The first-order valence-electron chi connectivity index (χ1n) is 7.74. The van der Waals surface area contributed by atoms with Gasteiger partial charge in [-0.2, -0.15) is 0 Å². The third-order valence-electron chi connectivity index (χ3n) is 4.75. The number of hydrogen-bond donors (Lipinski definition) is 2. The van der Waals surface area contributed by atoms with E-state index in [0.717, 1.165) is 31.4 Å². The zero-order valence-electron chi connectivity index (χ0n) is 12.2. The van der Waals surface area contributed by atoms with Gasteiger partial charge >= 0.3 is 0 Å². The zero-order valence-corrected chi connectivity index (χ0v) is 13.0. The Hall–Kier alpha value is -1.79. The normalized spacial score (nSPS) is 29.0. The summed E-state index contributed by atoms with van der Waals surface area (Å²) >= 11 is 1.78. The molecule has 1 atom stereocenters. The maximum absolute atomic E-state index is 11.8. The number of piperidine rings is 1. The molecule has 2 aliphatic rings. The molecule has 1 aromatic heterocycles. The zero-order chi connectivity index (χ0) is 15.1. The molecular formula is C16H18N3O2S+. The van der Waals surface area contributed by atoms with E-state index in [4.69, 9.17) is 4.98 Å². The molecule has 22 heavy (non-hydrogen) atoms. The predicted octanol–water partition coefficient (Wildman–Crippen LogP) is 0.474. The van der Waals surface area contributed by atoms with Crippen LogP contribution in [0.15, 0.2) is 24.3 Å². The molecule has 2 aromatic rings. The SMILES string of the molecule is O=C1C[C@@H]([NH+]2CCC(c3nc4ccccc4s3)CC2)C(=O)N1. The highest BCUT2D eigenvalue weighted by Crippen LogP contribution is 2.31. The van der Waals surface area contributed by atoms with E-state index in [1.165, 1.54) is 14.6 Å². The Morgan fingerprint density at radius 2 is 1.95 bits per heavy atom. The quantitative estimate of drug-likeness (QED) is 0.792. The van der Waals surface area contributed by atoms with Crippen LogP contribution in [0.3, 0.4) is 0 Å². The summed E-state index contributed by atoms with van der Waals surface area (Å²) in [5, 5.41) is 3.63. The molecule has 0 radical (unpaired) electrons. The van der Waals surface area contributed by atoms with Crippen LogP contribution in [0.5, 0.6) is 0 Å². The number of likely N-dealkylation sites (tertiary alicyclic amines) is 1. The highest BCUT2D eigenvalue weighted by molar-refractivity contribution is 7.18. The van der Waals surface area contributed by atoms with Gasteiger partial charge in [0.05, 0.1) is 34.7 Å². The van der Waals surface area contributed by atoms with Gasteiger partial charge in [0.25, 0.3) is 5.91 Å². The molecule has 2 amide bonds. The minimum absolute atomic E-state index is 0.0987. The van der Waals surface area contributed by atoms with Gasteiger partial charge < -0.3 is 4.90 Å².